The maximum absolute atomic E-state index is 12.3. The van der Waals surface area contributed by atoms with Crippen molar-refractivity contribution >= 4 is 15.8 Å². The van der Waals surface area contributed by atoms with Gasteiger partial charge in [0, 0.05) is 25.2 Å². The maximum atomic E-state index is 12.3. The first-order valence-corrected chi connectivity index (χ1v) is 7.87. The first-order chi connectivity index (χ1) is 10.4. The lowest BCUT2D eigenvalue weighted by Crippen LogP contribution is -2.22. The molecular weight excluding hydrogens is 300 g/mol. The van der Waals surface area contributed by atoms with Gasteiger partial charge in [0.25, 0.3) is 0 Å². The summed E-state index contributed by atoms with van der Waals surface area (Å²) >= 11 is 0. The quantitative estimate of drug-likeness (QED) is 0.809. The zero-order chi connectivity index (χ0) is 16.3. The Kier molecular flexibility index (Phi) is 4.40. The van der Waals surface area contributed by atoms with Crippen LogP contribution in [-0.2, 0) is 10.0 Å². The zero-order valence-corrected chi connectivity index (χ0v) is 13.0. The number of rotatable bonds is 4. The lowest BCUT2D eigenvalue weighted by Gasteiger charge is -2.11. The van der Waals surface area contributed by atoms with Crippen LogP contribution in [-0.4, -0.2) is 32.6 Å². The molecule has 112 valence electrons. The Labute approximate surface area is 129 Å². The molecule has 5 nitrogen and oxygen atoms in total. The number of sulfonamides is 1. The van der Waals surface area contributed by atoms with Crippen LogP contribution >= 0.6 is 0 Å². The Morgan fingerprint density at radius 2 is 1.41 bits per heavy atom. The summed E-state index contributed by atoms with van der Waals surface area (Å²) in [6.07, 6.45) is 0. The minimum atomic E-state index is -3.51. The zero-order valence-electron chi connectivity index (χ0n) is 12.1. The average molecular weight is 314 g/mol. The lowest BCUT2D eigenvalue weighted by molar-refractivity contribution is 0.103. The van der Waals surface area contributed by atoms with Crippen molar-refractivity contribution in [2.45, 2.75) is 4.90 Å². The molecule has 2 aromatic rings. The van der Waals surface area contributed by atoms with Crippen molar-refractivity contribution in [1.82, 2.24) is 4.31 Å². The summed E-state index contributed by atoms with van der Waals surface area (Å²) in [4.78, 5) is 12.4. The van der Waals surface area contributed by atoms with Crippen LogP contribution < -0.4 is 0 Å². The highest BCUT2D eigenvalue weighted by Crippen LogP contribution is 2.16. The van der Waals surface area contributed by atoms with Crippen LogP contribution in [0.3, 0.4) is 0 Å². The number of benzene rings is 2. The highest BCUT2D eigenvalue weighted by molar-refractivity contribution is 7.89. The molecule has 0 aliphatic carbocycles. The van der Waals surface area contributed by atoms with Gasteiger partial charge < -0.3 is 0 Å². The molecule has 0 heterocycles. The van der Waals surface area contributed by atoms with E-state index in [1.807, 2.05) is 6.07 Å². The fourth-order valence-corrected chi connectivity index (χ4v) is 2.75. The molecule has 0 spiro atoms. The van der Waals surface area contributed by atoms with Crippen molar-refractivity contribution < 1.29 is 13.2 Å². The van der Waals surface area contributed by atoms with E-state index in [4.69, 9.17) is 5.26 Å². The second-order valence-electron chi connectivity index (χ2n) is 4.83. The second-order valence-corrected chi connectivity index (χ2v) is 6.98. The fraction of sp³-hybridized carbons (Fsp3) is 0.125. The monoisotopic (exact) mass is 314 g/mol. The Morgan fingerprint density at radius 3 is 1.82 bits per heavy atom. The minimum absolute atomic E-state index is 0.133. The Morgan fingerprint density at radius 1 is 0.955 bits per heavy atom. The van der Waals surface area contributed by atoms with Gasteiger partial charge in [0.1, 0.15) is 0 Å². The van der Waals surface area contributed by atoms with E-state index in [0.717, 1.165) is 4.31 Å². The lowest BCUT2D eigenvalue weighted by atomic mass is 10.0. The van der Waals surface area contributed by atoms with Gasteiger partial charge in [-0.3, -0.25) is 4.79 Å². The molecule has 0 bridgehead atoms. The third-order valence-electron chi connectivity index (χ3n) is 3.17. The van der Waals surface area contributed by atoms with Crippen LogP contribution in [0.5, 0.6) is 0 Å². The molecule has 0 saturated heterocycles. The summed E-state index contributed by atoms with van der Waals surface area (Å²) in [7, 11) is -0.608. The molecule has 0 atom stereocenters. The first-order valence-electron chi connectivity index (χ1n) is 6.43. The van der Waals surface area contributed by atoms with Crippen LogP contribution in [0.2, 0.25) is 0 Å². The van der Waals surface area contributed by atoms with Gasteiger partial charge in [-0.2, -0.15) is 5.26 Å². The summed E-state index contributed by atoms with van der Waals surface area (Å²) in [5, 5.41) is 8.74. The SMILES string of the molecule is CN(C)S(=O)(=O)c1ccc(C(=O)c2ccc(C#N)cc2)cc1. The van der Waals surface area contributed by atoms with E-state index in [9.17, 15) is 13.2 Å². The van der Waals surface area contributed by atoms with E-state index < -0.39 is 10.0 Å². The second kappa shape index (κ2) is 6.10. The molecule has 0 aliphatic rings. The summed E-state index contributed by atoms with van der Waals surface area (Å²) in [5.74, 6) is -0.224. The van der Waals surface area contributed by atoms with Gasteiger partial charge in [-0.15, -0.1) is 0 Å². The molecule has 0 N–H and O–H groups in total. The number of hydrogen-bond acceptors (Lipinski definition) is 4. The van der Waals surface area contributed by atoms with E-state index in [1.54, 1.807) is 24.3 Å². The van der Waals surface area contributed by atoms with E-state index in [-0.39, 0.29) is 10.7 Å². The molecule has 0 unspecified atom stereocenters. The van der Waals surface area contributed by atoms with Gasteiger partial charge >= 0.3 is 0 Å². The smallest absolute Gasteiger partial charge is 0.242 e. The van der Waals surface area contributed by atoms with Crippen molar-refractivity contribution in [2.75, 3.05) is 14.1 Å². The third kappa shape index (κ3) is 3.06. The van der Waals surface area contributed by atoms with E-state index in [0.29, 0.717) is 16.7 Å². The van der Waals surface area contributed by atoms with E-state index in [2.05, 4.69) is 0 Å². The Bertz CT molecular complexity index is 830. The van der Waals surface area contributed by atoms with Crippen molar-refractivity contribution in [2.24, 2.45) is 0 Å². The largest absolute Gasteiger partial charge is 0.289 e. The Balaban J connectivity index is 2.30. The standard InChI is InChI=1S/C16H14N2O3S/c1-18(2)22(20,21)15-9-7-14(8-10-15)16(19)13-5-3-12(11-17)4-6-13/h3-10H,1-2H3. The van der Waals surface area contributed by atoms with Crippen LogP contribution in [0.4, 0.5) is 0 Å². The summed E-state index contributed by atoms with van der Waals surface area (Å²) in [5.41, 5.74) is 1.31. The van der Waals surface area contributed by atoms with Crippen molar-refractivity contribution in [1.29, 1.82) is 5.26 Å². The normalized spacial score (nSPS) is 11.2. The van der Waals surface area contributed by atoms with Gasteiger partial charge in [0.2, 0.25) is 10.0 Å². The third-order valence-corrected chi connectivity index (χ3v) is 5.00. The molecule has 22 heavy (non-hydrogen) atoms. The highest BCUT2D eigenvalue weighted by atomic mass is 32.2. The molecule has 0 aliphatic heterocycles. The molecular formula is C16H14N2O3S. The van der Waals surface area contributed by atoms with Crippen LogP contribution in [0.1, 0.15) is 21.5 Å². The predicted octanol–water partition coefficient (Wildman–Crippen LogP) is 2.04. The van der Waals surface area contributed by atoms with Gasteiger partial charge in [0.15, 0.2) is 5.78 Å². The molecule has 0 saturated carbocycles. The van der Waals surface area contributed by atoms with Crippen molar-refractivity contribution in [3.63, 3.8) is 0 Å². The number of carbonyl (C=O) groups excluding carboxylic acids is 1. The molecule has 6 heteroatoms. The number of ketones is 1. The molecule has 0 radical (unpaired) electrons. The van der Waals surface area contributed by atoms with E-state index in [1.165, 1.54) is 38.4 Å². The number of nitriles is 1. The van der Waals surface area contributed by atoms with Crippen molar-refractivity contribution in [3.05, 3.63) is 65.2 Å². The maximum Gasteiger partial charge on any atom is 0.242 e. The topological polar surface area (TPSA) is 78.2 Å². The molecule has 0 aromatic heterocycles. The van der Waals surface area contributed by atoms with Gasteiger partial charge in [-0.05, 0) is 48.5 Å². The molecule has 2 rings (SSSR count). The Hall–Kier alpha value is -2.49. The van der Waals surface area contributed by atoms with Crippen LogP contribution in [0.25, 0.3) is 0 Å². The summed E-state index contributed by atoms with van der Waals surface area (Å²) in [6, 6.07) is 14.1. The van der Waals surface area contributed by atoms with Gasteiger partial charge in [-0.25, -0.2) is 12.7 Å². The molecule has 2 aromatic carbocycles. The minimum Gasteiger partial charge on any atom is -0.289 e. The molecule has 0 amide bonds. The average Bonchev–Trinajstić information content (AvgIpc) is 2.54. The predicted molar refractivity (Wildman–Crippen MR) is 81.9 cm³/mol. The number of nitrogens with zero attached hydrogens (tertiary/aromatic N) is 2. The van der Waals surface area contributed by atoms with Gasteiger partial charge in [-0.1, -0.05) is 0 Å². The fourth-order valence-electron chi connectivity index (χ4n) is 1.85. The number of hydrogen-bond donors (Lipinski definition) is 0. The van der Waals surface area contributed by atoms with Gasteiger partial charge in [0.05, 0.1) is 16.5 Å². The number of carbonyl (C=O) groups is 1. The van der Waals surface area contributed by atoms with Crippen LogP contribution in [0.15, 0.2) is 53.4 Å². The molecule has 0 fully saturated rings. The van der Waals surface area contributed by atoms with E-state index >= 15 is 0 Å². The van der Waals surface area contributed by atoms with Crippen molar-refractivity contribution in [3.8, 4) is 6.07 Å². The summed E-state index contributed by atoms with van der Waals surface area (Å²) in [6.45, 7) is 0. The first kappa shape index (κ1) is 15.9. The van der Waals surface area contributed by atoms with Crippen LogP contribution in [0, 0.1) is 11.3 Å². The highest BCUT2D eigenvalue weighted by Gasteiger charge is 2.17. The summed E-state index contributed by atoms with van der Waals surface area (Å²) < 4.78 is 25.0.